The number of pyridine rings is 1. The monoisotopic (exact) mass is 832 g/mol. The number of rotatable bonds is 4. The van der Waals surface area contributed by atoms with Crippen molar-refractivity contribution in [3.63, 3.8) is 0 Å². The van der Waals surface area contributed by atoms with Gasteiger partial charge < -0.3 is 5.32 Å². The van der Waals surface area contributed by atoms with Gasteiger partial charge in [-0.15, -0.1) is 40.1 Å². The van der Waals surface area contributed by atoms with E-state index in [0.717, 1.165) is 44.9 Å². The molecule has 5 aromatic carbocycles. The molecule has 0 aliphatic carbocycles. The van der Waals surface area contributed by atoms with Gasteiger partial charge in [0.1, 0.15) is 0 Å². The Morgan fingerprint density at radius 2 is 1.16 bits per heavy atom. The number of fused-ring (bicyclic) bond motifs is 2. The van der Waals surface area contributed by atoms with Crippen molar-refractivity contribution in [1.82, 2.24) is 4.98 Å². The molecule has 2 nitrogen and oxygen atoms in total. The standard InChI is InChI=1S/C46H44BN2.Au/c1-29-21-30(2)43(31(3)22-29)47-39-16-10-11-19-42(39)49-44-38(15-14-17-40(44)47)34-23-32(25-36(27-34)45(4,5)6)33-24-35(41-18-12-13-20-48-41)28-37(26-33)46(7,8)9;/h10-22,25-28H,1-9H3;/q-3;+3. The van der Waals surface area contributed by atoms with E-state index in [1.54, 1.807) is 0 Å². The number of para-hydroxylation sites is 2. The van der Waals surface area contributed by atoms with Gasteiger partial charge in [0.15, 0.2) is 0 Å². The summed E-state index contributed by atoms with van der Waals surface area (Å²) in [5, 5.41) is 5.40. The number of hydrogen-bond acceptors (Lipinski definition) is 1. The zero-order chi connectivity index (χ0) is 34.7. The van der Waals surface area contributed by atoms with Crippen molar-refractivity contribution in [3.8, 4) is 33.5 Å². The average molecular weight is 833 g/mol. The largest absolute Gasteiger partial charge is 3.00 e. The second-order valence-corrected chi connectivity index (χ2v) is 15.8. The van der Waals surface area contributed by atoms with Gasteiger partial charge in [-0.25, -0.2) is 0 Å². The Kier molecular flexibility index (Phi) is 9.65. The first-order chi connectivity index (χ1) is 23.3. The molecule has 4 heteroatoms. The molecule has 0 saturated heterocycles. The van der Waals surface area contributed by atoms with E-state index in [4.69, 9.17) is 10.3 Å². The first-order valence-electron chi connectivity index (χ1n) is 17.4. The summed E-state index contributed by atoms with van der Waals surface area (Å²) < 4.78 is 0. The van der Waals surface area contributed by atoms with Gasteiger partial charge in [-0.1, -0.05) is 147 Å². The number of nitrogens with zero attached hydrogens (tertiary/aromatic N) is 2. The van der Waals surface area contributed by atoms with E-state index in [2.05, 4.69) is 159 Å². The van der Waals surface area contributed by atoms with Gasteiger partial charge in [0.25, 0.3) is 0 Å². The summed E-state index contributed by atoms with van der Waals surface area (Å²) in [5.41, 5.74) is 18.3. The van der Waals surface area contributed by atoms with Crippen molar-refractivity contribution in [2.45, 2.75) is 73.1 Å². The molecule has 0 bridgehead atoms. The van der Waals surface area contributed by atoms with Crippen LogP contribution in [0.2, 0.25) is 0 Å². The maximum absolute atomic E-state index is 5.40. The fourth-order valence-corrected chi connectivity index (χ4v) is 7.32. The molecule has 6 aromatic rings. The Balaban J connectivity index is 0.00000432. The first-order valence-corrected chi connectivity index (χ1v) is 17.4. The molecule has 0 spiro atoms. The third-order valence-electron chi connectivity index (χ3n) is 9.88. The third-order valence-corrected chi connectivity index (χ3v) is 9.88. The SMILES string of the molecule is Cc1cc(C)c(B2c3ccccc3[N-]c3c2cccc3-c2[c-]c(-c3[c-]c(-c4ccccn4)cc(C(C)(C)C)c3)cc(C(C)(C)C)c2)c(C)c1.[Au+3]. The molecule has 0 fully saturated rings. The smallest absolute Gasteiger partial charge is 0.665 e. The second kappa shape index (κ2) is 13.5. The number of aromatic nitrogens is 1. The zero-order valence-corrected chi connectivity index (χ0v) is 32.8. The van der Waals surface area contributed by atoms with Gasteiger partial charge >= 0.3 is 22.4 Å². The normalized spacial score (nSPS) is 12.5. The van der Waals surface area contributed by atoms with Crippen LogP contribution in [0.25, 0.3) is 38.8 Å². The molecular formula is C46H44AuBN2. The summed E-state index contributed by atoms with van der Waals surface area (Å²) in [7, 11) is 0. The molecule has 7 rings (SSSR count). The topological polar surface area (TPSA) is 27.0 Å². The molecule has 50 heavy (non-hydrogen) atoms. The maximum Gasteiger partial charge on any atom is 3.00 e. The fourth-order valence-electron chi connectivity index (χ4n) is 7.32. The predicted molar refractivity (Wildman–Crippen MR) is 210 cm³/mol. The molecule has 0 amide bonds. The molecule has 0 unspecified atom stereocenters. The summed E-state index contributed by atoms with van der Waals surface area (Å²) in [4.78, 5) is 4.69. The summed E-state index contributed by atoms with van der Waals surface area (Å²) in [6.07, 6.45) is 1.85. The predicted octanol–water partition coefficient (Wildman–Crippen LogP) is 10.4. The van der Waals surface area contributed by atoms with E-state index >= 15 is 0 Å². The summed E-state index contributed by atoms with van der Waals surface area (Å²) >= 11 is 0. The van der Waals surface area contributed by atoms with Crippen LogP contribution in [-0.2, 0) is 33.2 Å². The van der Waals surface area contributed by atoms with Crippen LogP contribution >= 0.6 is 0 Å². The molecule has 1 aliphatic rings. The Morgan fingerprint density at radius 1 is 0.600 bits per heavy atom. The van der Waals surface area contributed by atoms with Gasteiger partial charge in [0.05, 0.1) is 0 Å². The molecule has 252 valence electrons. The van der Waals surface area contributed by atoms with Gasteiger partial charge in [-0.05, 0) is 37.7 Å². The van der Waals surface area contributed by atoms with Crippen LogP contribution in [0.1, 0.15) is 69.4 Å². The van der Waals surface area contributed by atoms with Crippen molar-refractivity contribution in [2.75, 3.05) is 0 Å². The summed E-state index contributed by atoms with van der Waals surface area (Å²) in [6.45, 7) is 20.4. The van der Waals surface area contributed by atoms with Crippen LogP contribution in [0.15, 0.2) is 103 Å². The summed E-state index contributed by atoms with van der Waals surface area (Å²) in [5.74, 6) is 0. The Morgan fingerprint density at radius 3 is 1.78 bits per heavy atom. The zero-order valence-electron chi connectivity index (χ0n) is 30.6. The van der Waals surface area contributed by atoms with Crippen molar-refractivity contribution < 1.29 is 22.4 Å². The van der Waals surface area contributed by atoms with Gasteiger partial charge in [-0.2, -0.15) is 41.1 Å². The van der Waals surface area contributed by atoms with Crippen LogP contribution < -0.4 is 16.4 Å². The minimum absolute atomic E-state index is 0. The number of benzene rings is 5. The molecule has 0 atom stereocenters. The van der Waals surface area contributed by atoms with Crippen molar-refractivity contribution in [2.24, 2.45) is 0 Å². The third kappa shape index (κ3) is 6.80. The van der Waals surface area contributed by atoms with Crippen LogP contribution in [-0.4, -0.2) is 11.7 Å². The van der Waals surface area contributed by atoms with Crippen molar-refractivity contribution >= 4 is 34.5 Å². The Bertz CT molecular complexity index is 2180. The van der Waals surface area contributed by atoms with E-state index in [1.165, 1.54) is 44.2 Å². The molecule has 0 N–H and O–H groups in total. The molecule has 0 saturated carbocycles. The Labute approximate surface area is 315 Å². The minimum atomic E-state index is -0.0820. The van der Waals surface area contributed by atoms with Gasteiger partial charge in [0, 0.05) is 11.9 Å². The van der Waals surface area contributed by atoms with Crippen LogP contribution in [0.3, 0.4) is 0 Å². The van der Waals surface area contributed by atoms with Crippen molar-refractivity contribution in [3.05, 3.63) is 149 Å². The van der Waals surface area contributed by atoms with E-state index in [-0.39, 0.29) is 39.9 Å². The van der Waals surface area contributed by atoms with Crippen molar-refractivity contribution in [1.29, 1.82) is 0 Å². The van der Waals surface area contributed by atoms with Crippen LogP contribution in [0, 0.1) is 32.9 Å². The molecular weight excluding hydrogens is 788 g/mol. The second-order valence-electron chi connectivity index (χ2n) is 15.8. The average Bonchev–Trinajstić information content (AvgIpc) is 3.06. The van der Waals surface area contributed by atoms with Crippen LogP contribution in [0.5, 0.6) is 0 Å². The molecule has 2 heterocycles. The maximum atomic E-state index is 5.40. The quantitative estimate of drug-likeness (QED) is 0.128. The van der Waals surface area contributed by atoms with Gasteiger partial charge in [0.2, 0.25) is 6.71 Å². The number of hydrogen-bond donors (Lipinski definition) is 0. The Hall–Kier alpha value is -4.14. The van der Waals surface area contributed by atoms with E-state index in [1.807, 2.05) is 18.3 Å². The molecule has 0 radical (unpaired) electrons. The fraction of sp³-hybridized carbons (Fsp3) is 0.239. The summed E-state index contributed by atoms with van der Waals surface area (Å²) in [6, 6.07) is 42.8. The number of aryl methyl sites for hydroxylation is 3. The van der Waals surface area contributed by atoms with Gasteiger partial charge in [-0.3, -0.25) is 4.98 Å². The van der Waals surface area contributed by atoms with Crippen LogP contribution in [0.4, 0.5) is 11.4 Å². The van der Waals surface area contributed by atoms with E-state index in [9.17, 15) is 0 Å². The molecule has 1 aromatic heterocycles. The molecule has 1 aliphatic heterocycles. The van der Waals surface area contributed by atoms with E-state index in [0.29, 0.717) is 0 Å². The minimum Gasteiger partial charge on any atom is -0.665 e. The first kappa shape index (κ1) is 35.7. The van der Waals surface area contributed by atoms with E-state index < -0.39 is 0 Å².